The zero-order valence-corrected chi connectivity index (χ0v) is 13.2. The maximum atomic E-state index is 5.82. The first-order valence-corrected chi connectivity index (χ1v) is 7.65. The normalized spacial score (nSPS) is 11.2. The van der Waals surface area contributed by atoms with E-state index in [1.807, 2.05) is 35.8 Å². The lowest BCUT2D eigenvalue weighted by molar-refractivity contribution is 0.509. The second-order valence-electron chi connectivity index (χ2n) is 5.76. The third kappa shape index (κ3) is 2.52. The van der Waals surface area contributed by atoms with Crippen LogP contribution in [0, 0.1) is 13.8 Å². The number of hydrogen-bond acceptors (Lipinski definition) is 3. The first kappa shape index (κ1) is 13.8. The standard InChI is InChI=1S/C19H17N3O/c1-13-5-3-6-15(11-13)12-17-21-16-7-4-10-20-19(16)22(17)18-9-8-14(2)23-18/h3-11H,12H2,1-2H3. The Kier molecular flexibility index (Phi) is 3.23. The first-order valence-electron chi connectivity index (χ1n) is 7.65. The summed E-state index contributed by atoms with van der Waals surface area (Å²) in [7, 11) is 0. The summed E-state index contributed by atoms with van der Waals surface area (Å²) in [5.74, 6) is 2.56. The van der Waals surface area contributed by atoms with E-state index >= 15 is 0 Å². The van der Waals surface area contributed by atoms with E-state index in [4.69, 9.17) is 9.40 Å². The van der Waals surface area contributed by atoms with Crippen molar-refractivity contribution in [1.82, 2.24) is 14.5 Å². The molecular formula is C19H17N3O. The molecule has 3 heterocycles. The molecule has 0 amide bonds. The van der Waals surface area contributed by atoms with Crippen LogP contribution in [0.2, 0.25) is 0 Å². The molecule has 0 saturated heterocycles. The highest BCUT2D eigenvalue weighted by Gasteiger charge is 2.16. The largest absolute Gasteiger partial charge is 0.445 e. The summed E-state index contributed by atoms with van der Waals surface area (Å²) < 4.78 is 7.83. The van der Waals surface area contributed by atoms with Crippen molar-refractivity contribution in [2.75, 3.05) is 0 Å². The molecular weight excluding hydrogens is 286 g/mol. The quantitative estimate of drug-likeness (QED) is 0.569. The Morgan fingerprint density at radius 2 is 1.96 bits per heavy atom. The average Bonchev–Trinajstić information content (AvgIpc) is 3.10. The zero-order valence-electron chi connectivity index (χ0n) is 13.2. The molecule has 0 bridgehead atoms. The number of imidazole rings is 1. The van der Waals surface area contributed by atoms with E-state index < -0.39 is 0 Å². The molecule has 0 radical (unpaired) electrons. The highest BCUT2D eigenvalue weighted by atomic mass is 16.4. The van der Waals surface area contributed by atoms with Gasteiger partial charge in [0.25, 0.3) is 0 Å². The second-order valence-corrected chi connectivity index (χ2v) is 5.76. The number of furan rings is 1. The maximum Gasteiger partial charge on any atom is 0.206 e. The minimum Gasteiger partial charge on any atom is -0.445 e. The smallest absolute Gasteiger partial charge is 0.206 e. The molecule has 0 aliphatic carbocycles. The molecule has 0 aliphatic rings. The highest BCUT2D eigenvalue weighted by Crippen LogP contribution is 2.23. The molecule has 1 aromatic carbocycles. The lowest BCUT2D eigenvalue weighted by Gasteiger charge is -2.06. The van der Waals surface area contributed by atoms with Crippen molar-refractivity contribution in [3.63, 3.8) is 0 Å². The number of pyridine rings is 1. The number of benzene rings is 1. The van der Waals surface area contributed by atoms with Crippen LogP contribution in [0.4, 0.5) is 0 Å². The lowest BCUT2D eigenvalue weighted by Crippen LogP contribution is -2.02. The number of aryl methyl sites for hydroxylation is 2. The molecule has 114 valence electrons. The van der Waals surface area contributed by atoms with Crippen molar-refractivity contribution >= 4 is 11.2 Å². The molecule has 3 aromatic heterocycles. The average molecular weight is 303 g/mol. The van der Waals surface area contributed by atoms with Crippen LogP contribution < -0.4 is 0 Å². The number of fused-ring (bicyclic) bond motifs is 1. The van der Waals surface area contributed by atoms with E-state index in [1.165, 1.54) is 11.1 Å². The van der Waals surface area contributed by atoms with Crippen LogP contribution in [0.5, 0.6) is 0 Å². The Morgan fingerprint density at radius 1 is 1.04 bits per heavy atom. The summed E-state index contributed by atoms with van der Waals surface area (Å²) >= 11 is 0. The molecule has 0 N–H and O–H groups in total. The summed E-state index contributed by atoms with van der Waals surface area (Å²) in [5.41, 5.74) is 4.18. The third-order valence-corrected chi connectivity index (χ3v) is 3.88. The molecule has 0 fully saturated rings. The summed E-state index contributed by atoms with van der Waals surface area (Å²) in [6, 6.07) is 16.3. The summed E-state index contributed by atoms with van der Waals surface area (Å²) in [4.78, 5) is 9.25. The zero-order chi connectivity index (χ0) is 15.8. The van der Waals surface area contributed by atoms with Gasteiger partial charge >= 0.3 is 0 Å². The summed E-state index contributed by atoms with van der Waals surface area (Å²) in [5, 5.41) is 0. The topological polar surface area (TPSA) is 43.9 Å². The van der Waals surface area contributed by atoms with Gasteiger partial charge in [0.05, 0.1) is 0 Å². The van der Waals surface area contributed by atoms with Gasteiger partial charge in [-0.3, -0.25) is 0 Å². The Bertz CT molecular complexity index is 981. The van der Waals surface area contributed by atoms with Crippen molar-refractivity contribution in [3.05, 3.63) is 77.4 Å². The fraction of sp³-hybridized carbons (Fsp3) is 0.158. The van der Waals surface area contributed by atoms with Crippen LogP contribution >= 0.6 is 0 Å². The van der Waals surface area contributed by atoms with E-state index in [2.05, 4.69) is 36.2 Å². The Morgan fingerprint density at radius 3 is 2.74 bits per heavy atom. The van der Waals surface area contributed by atoms with E-state index in [0.717, 1.165) is 35.1 Å². The molecule has 4 rings (SSSR count). The van der Waals surface area contributed by atoms with Gasteiger partial charge in [-0.25, -0.2) is 14.5 Å². The highest BCUT2D eigenvalue weighted by molar-refractivity contribution is 5.73. The lowest BCUT2D eigenvalue weighted by atomic mass is 10.1. The predicted octanol–water partition coefficient (Wildman–Crippen LogP) is 4.22. The van der Waals surface area contributed by atoms with Crippen LogP contribution in [-0.4, -0.2) is 14.5 Å². The van der Waals surface area contributed by atoms with Crippen molar-refractivity contribution in [3.8, 4) is 5.88 Å². The molecule has 4 aromatic rings. The van der Waals surface area contributed by atoms with Gasteiger partial charge in [-0.15, -0.1) is 0 Å². The summed E-state index contributed by atoms with van der Waals surface area (Å²) in [6.45, 7) is 4.04. The van der Waals surface area contributed by atoms with E-state index in [9.17, 15) is 0 Å². The van der Waals surface area contributed by atoms with Crippen molar-refractivity contribution < 1.29 is 4.42 Å². The molecule has 4 nitrogen and oxygen atoms in total. The molecule has 23 heavy (non-hydrogen) atoms. The Balaban J connectivity index is 1.88. The number of hydrogen-bond donors (Lipinski definition) is 0. The van der Waals surface area contributed by atoms with Crippen LogP contribution in [0.1, 0.15) is 22.7 Å². The molecule has 4 heteroatoms. The fourth-order valence-corrected chi connectivity index (χ4v) is 2.86. The molecule has 0 spiro atoms. The van der Waals surface area contributed by atoms with Gasteiger partial charge in [-0.2, -0.15) is 0 Å². The van der Waals surface area contributed by atoms with Crippen LogP contribution in [0.25, 0.3) is 17.0 Å². The third-order valence-electron chi connectivity index (χ3n) is 3.88. The van der Waals surface area contributed by atoms with E-state index in [-0.39, 0.29) is 0 Å². The molecule has 0 unspecified atom stereocenters. The van der Waals surface area contributed by atoms with Crippen LogP contribution in [-0.2, 0) is 6.42 Å². The summed E-state index contributed by atoms with van der Waals surface area (Å²) in [6.07, 6.45) is 2.52. The Hall–Kier alpha value is -2.88. The van der Waals surface area contributed by atoms with Gasteiger partial charge in [-0.1, -0.05) is 29.8 Å². The number of aromatic nitrogens is 3. The maximum absolute atomic E-state index is 5.82. The fourth-order valence-electron chi connectivity index (χ4n) is 2.86. The van der Waals surface area contributed by atoms with Gasteiger partial charge in [-0.05, 0) is 37.6 Å². The van der Waals surface area contributed by atoms with Gasteiger partial charge in [0, 0.05) is 18.7 Å². The van der Waals surface area contributed by atoms with Gasteiger partial charge < -0.3 is 4.42 Å². The van der Waals surface area contributed by atoms with Crippen LogP contribution in [0.3, 0.4) is 0 Å². The van der Waals surface area contributed by atoms with Crippen LogP contribution in [0.15, 0.2) is 59.1 Å². The number of nitrogens with zero attached hydrogens (tertiary/aromatic N) is 3. The SMILES string of the molecule is Cc1cccc(Cc2nc3cccnc3n2-c2ccc(C)o2)c1. The van der Waals surface area contributed by atoms with E-state index in [0.29, 0.717) is 0 Å². The first-order chi connectivity index (χ1) is 11.2. The van der Waals surface area contributed by atoms with Crippen molar-refractivity contribution in [2.24, 2.45) is 0 Å². The van der Waals surface area contributed by atoms with E-state index in [1.54, 1.807) is 6.20 Å². The van der Waals surface area contributed by atoms with Gasteiger partial charge in [0.2, 0.25) is 5.88 Å². The molecule has 0 aliphatic heterocycles. The molecule has 0 saturated carbocycles. The van der Waals surface area contributed by atoms with Crippen molar-refractivity contribution in [1.29, 1.82) is 0 Å². The van der Waals surface area contributed by atoms with Gasteiger partial charge in [0.15, 0.2) is 5.65 Å². The molecule has 0 atom stereocenters. The monoisotopic (exact) mass is 303 g/mol. The second kappa shape index (κ2) is 5.39. The minimum absolute atomic E-state index is 0.734. The minimum atomic E-state index is 0.734. The Labute approximate surface area is 134 Å². The van der Waals surface area contributed by atoms with Crippen molar-refractivity contribution in [2.45, 2.75) is 20.3 Å². The predicted molar refractivity (Wildman–Crippen MR) is 89.9 cm³/mol. The van der Waals surface area contributed by atoms with Gasteiger partial charge in [0.1, 0.15) is 17.1 Å². The number of rotatable bonds is 3.